The van der Waals surface area contributed by atoms with Gasteiger partial charge in [0.15, 0.2) is 0 Å². The third-order valence-corrected chi connectivity index (χ3v) is 14.5. The minimum atomic E-state index is -8.83. The molecule has 0 aliphatic rings. The molecule has 410 valence electrons. The maximum atomic E-state index is 14.8. The van der Waals surface area contributed by atoms with Gasteiger partial charge in [-0.05, 0) is 6.42 Å². The molecule has 68 heavy (non-hydrogen) atoms. The van der Waals surface area contributed by atoms with E-state index in [0.29, 0.717) is 6.92 Å². The van der Waals surface area contributed by atoms with E-state index < -0.39 is 171 Å². The SMILES string of the molecule is CCCC[P+](CCC(F)(F)C(F)(F)C(F)(F)C(F)(F)C(F)(F)C(F)(F)F)(CCC(F)(F)C(F)(F)C(F)(F)C(F)(F)C(F)(F)C(F)(F)F)CCC(F)(F)C(F)(F)C(F)(F)C(F)(F)C(F)(F)C(F)(F)F. The summed E-state index contributed by atoms with van der Waals surface area (Å²) in [6.45, 7) is 0.624. The molecule has 0 aliphatic heterocycles. The summed E-state index contributed by atoms with van der Waals surface area (Å²) in [5.41, 5.74) is 0. The second kappa shape index (κ2) is 18.0. The van der Waals surface area contributed by atoms with Gasteiger partial charge in [0.05, 0.1) is 43.9 Å². The van der Waals surface area contributed by atoms with Crippen LogP contribution in [0.15, 0.2) is 0 Å². The van der Waals surface area contributed by atoms with Gasteiger partial charge in [-0.1, -0.05) is 13.3 Å². The first kappa shape index (κ1) is 65.7. The second-order valence-corrected chi connectivity index (χ2v) is 18.8. The van der Waals surface area contributed by atoms with Crippen molar-refractivity contribution in [3.05, 3.63) is 0 Å². The van der Waals surface area contributed by atoms with Gasteiger partial charge in [0.25, 0.3) is 0 Å². The first-order chi connectivity index (χ1) is 28.9. The molecule has 0 unspecified atom stereocenters. The molecule has 0 heterocycles. The van der Waals surface area contributed by atoms with Crippen molar-refractivity contribution in [3.8, 4) is 0 Å². The van der Waals surface area contributed by atoms with Gasteiger partial charge in [0.1, 0.15) is 0 Å². The van der Waals surface area contributed by atoms with Crippen molar-refractivity contribution < 1.29 is 171 Å². The average molecular weight is 1130 g/mol. The Morgan fingerprint density at radius 1 is 0.221 bits per heavy atom. The van der Waals surface area contributed by atoms with Crippen LogP contribution in [0.2, 0.25) is 0 Å². The van der Waals surface area contributed by atoms with Crippen molar-refractivity contribution in [2.45, 2.75) is 146 Å². The molecule has 0 radical (unpaired) electrons. The molecule has 0 rings (SSSR count). The van der Waals surface area contributed by atoms with E-state index in [4.69, 9.17) is 0 Å². The molecule has 0 amide bonds. The quantitative estimate of drug-likeness (QED) is 0.0667. The van der Waals surface area contributed by atoms with Crippen molar-refractivity contribution in [2.75, 3.05) is 24.6 Å². The van der Waals surface area contributed by atoms with E-state index in [1.807, 2.05) is 0 Å². The molecule has 0 aliphatic carbocycles. The van der Waals surface area contributed by atoms with Crippen LogP contribution < -0.4 is 0 Å². The molecule has 0 bridgehead atoms. The van der Waals surface area contributed by atoms with E-state index in [-0.39, 0.29) is 0 Å². The number of hydrogen-bond donors (Lipinski definition) is 0. The van der Waals surface area contributed by atoms with Crippen LogP contribution in [0, 0.1) is 0 Å². The van der Waals surface area contributed by atoms with E-state index in [1.165, 1.54) is 0 Å². The topological polar surface area (TPSA) is 0 Å². The second-order valence-electron chi connectivity index (χ2n) is 14.3. The Labute approximate surface area is 350 Å². The predicted molar refractivity (Wildman–Crippen MR) is 148 cm³/mol. The van der Waals surface area contributed by atoms with Gasteiger partial charge in [0, 0.05) is 7.26 Å². The van der Waals surface area contributed by atoms with Crippen LogP contribution in [0.3, 0.4) is 0 Å². The molecule has 0 N–H and O–H groups in total. The summed E-state index contributed by atoms with van der Waals surface area (Å²) in [5.74, 6) is -127. The molecule has 0 saturated heterocycles. The molecule has 0 aromatic rings. The average Bonchev–Trinajstić information content (AvgIpc) is 3.11. The molecular formula is C28H21F39P+. The zero-order chi connectivity index (χ0) is 55.9. The minimum Gasteiger partial charge on any atom is -0.199 e. The first-order valence-corrected chi connectivity index (χ1v) is 19.2. The first-order valence-electron chi connectivity index (χ1n) is 16.7. The lowest BCUT2D eigenvalue weighted by Crippen LogP contribution is -2.70. The summed E-state index contributed by atoms with van der Waals surface area (Å²) in [4.78, 5) is 0. The highest BCUT2D eigenvalue weighted by Gasteiger charge is 2.93. The van der Waals surface area contributed by atoms with Crippen LogP contribution in [0.1, 0.15) is 39.0 Å². The summed E-state index contributed by atoms with van der Waals surface area (Å²) in [7, 11) is -6.19. The smallest absolute Gasteiger partial charge is 0.199 e. The van der Waals surface area contributed by atoms with E-state index in [2.05, 4.69) is 0 Å². The summed E-state index contributed by atoms with van der Waals surface area (Å²) < 4.78 is 533. The number of rotatable bonds is 24. The molecule has 0 aromatic carbocycles. The van der Waals surface area contributed by atoms with Crippen LogP contribution in [0.25, 0.3) is 0 Å². The monoisotopic (exact) mass is 1130 g/mol. The fourth-order valence-corrected chi connectivity index (χ4v) is 9.77. The van der Waals surface area contributed by atoms with E-state index in [1.54, 1.807) is 0 Å². The third kappa shape index (κ3) is 9.94. The van der Waals surface area contributed by atoms with Gasteiger partial charge in [-0.2, -0.15) is 171 Å². The van der Waals surface area contributed by atoms with Crippen LogP contribution >= 0.6 is 7.26 Å². The minimum absolute atomic E-state index is 0.624. The Kier molecular flexibility index (Phi) is 17.4. The van der Waals surface area contributed by atoms with Gasteiger partial charge in [-0.15, -0.1) is 0 Å². The Morgan fingerprint density at radius 3 is 0.529 bits per heavy atom. The normalized spacial score (nSPS) is 16.8. The fraction of sp³-hybridized carbons (Fsp3) is 1.00. The predicted octanol–water partition coefficient (Wildman–Crippen LogP) is 16.2. The number of unbranched alkanes of at least 4 members (excludes halogenated alkanes) is 1. The summed E-state index contributed by atoms with van der Waals surface area (Å²) >= 11 is 0. The van der Waals surface area contributed by atoms with E-state index in [0.717, 1.165) is 0 Å². The van der Waals surface area contributed by atoms with Gasteiger partial charge in [-0.25, -0.2) is 0 Å². The zero-order valence-electron chi connectivity index (χ0n) is 31.6. The maximum absolute atomic E-state index is 14.8. The molecular weight excluding hydrogens is 1110 g/mol. The van der Waals surface area contributed by atoms with Crippen molar-refractivity contribution >= 4 is 7.26 Å². The van der Waals surface area contributed by atoms with Gasteiger partial charge < -0.3 is 0 Å². The van der Waals surface area contributed by atoms with Crippen molar-refractivity contribution in [1.82, 2.24) is 0 Å². The highest BCUT2D eigenvalue weighted by Crippen LogP contribution is 2.69. The Bertz CT molecular complexity index is 1500. The highest BCUT2D eigenvalue weighted by molar-refractivity contribution is 7.75. The largest absolute Gasteiger partial charge is 0.460 e. The molecule has 0 atom stereocenters. The van der Waals surface area contributed by atoms with Crippen LogP contribution in [-0.4, -0.2) is 132 Å². The number of alkyl halides is 39. The lowest BCUT2D eigenvalue weighted by Gasteiger charge is -2.41. The third-order valence-electron chi connectivity index (χ3n) is 9.68. The van der Waals surface area contributed by atoms with E-state index >= 15 is 0 Å². The number of hydrogen-bond acceptors (Lipinski definition) is 0. The lowest BCUT2D eigenvalue weighted by atomic mass is 9.93. The summed E-state index contributed by atoms with van der Waals surface area (Å²) in [5, 5.41) is 0. The van der Waals surface area contributed by atoms with Crippen LogP contribution in [0.5, 0.6) is 0 Å². The van der Waals surface area contributed by atoms with E-state index in [9.17, 15) is 171 Å². The zero-order valence-corrected chi connectivity index (χ0v) is 32.4. The van der Waals surface area contributed by atoms with Crippen LogP contribution in [0.4, 0.5) is 171 Å². The Balaban J connectivity index is 8.11. The Morgan fingerprint density at radius 2 is 0.382 bits per heavy atom. The fourth-order valence-electron chi connectivity index (χ4n) is 5.17. The molecule has 0 fully saturated rings. The summed E-state index contributed by atoms with van der Waals surface area (Å²) in [6.07, 6.45) is -50.2. The molecule has 0 nitrogen and oxygen atoms in total. The maximum Gasteiger partial charge on any atom is 0.460 e. The van der Waals surface area contributed by atoms with Gasteiger partial charge >= 0.3 is 107 Å². The summed E-state index contributed by atoms with van der Waals surface area (Å²) in [6, 6.07) is 0. The van der Waals surface area contributed by atoms with Crippen molar-refractivity contribution in [3.63, 3.8) is 0 Å². The van der Waals surface area contributed by atoms with Gasteiger partial charge in [-0.3, -0.25) is 0 Å². The van der Waals surface area contributed by atoms with Gasteiger partial charge in [0.2, 0.25) is 0 Å². The lowest BCUT2D eigenvalue weighted by molar-refractivity contribution is -0.440. The number of halogens is 39. The molecule has 0 aromatic heterocycles. The van der Waals surface area contributed by atoms with Crippen molar-refractivity contribution in [1.29, 1.82) is 0 Å². The van der Waals surface area contributed by atoms with Crippen LogP contribution in [-0.2, 0) is 0 Å². The molecule has 0 spiro atoms. The standard InChI is InChI=1S/C28H21F39P/c1-2-3-7-68(8-4-11(29,30)14(35,36)17(41,42)20(47,48)23(53,54)26(59,60)61,9-5-12(31,32)15(37,38)18(43,44)21(49,50)24(55,56)27(62,63)64)10-6-13(33,34)16(39,40)19(45,46)22(51,52)25(57,58)28(65,66)67/h2-10H2,1H3/q+1. The molecule has 0 saturated carbocycles. The molecule has 40 heteroatoms. The van der Waals surface area contributed by atoms with Crippen molar-refractivity contribution in [2.24, 2.45) is 0 Å². The highest BCUT2D eigenvalue weighted by atomic mass is 31.2. The Hall–Kier alpha value is -2.30.